The van der Waals surface area contributed by atoms with E-state index in [9.17, 15) is 74.6 Å². The molecule has 0 aromatic carbocycles. The molecule has 3 aliphatic carbocycles. The molecule has 222 valence electrons. The van der Waals surface area contributed by atoms with Crippen molar-refractivity contribution in [2.24, 2.45) is 23.7 Å². The quantitative estimate of drug-likeness (QED) is 0.184. The molecule has 0 heterocycles. The Labute approximate surface area is 202 Å². The summed E-state index contributed by atoms with van der Waals surface area (Å²) < 4.78 is 231. The standard InChI is InChI=1S/C20H17F17O/c21-13(22,4-5-38-12-7-8-6-11(12)10-3-1-2-9(8)10)14(23,24)15(25,26)16(27,28)17(29,30)18(31,32)19(33,34)20(35,36)37/h1-2,8-12H,3-7H2. The summed E-state index contributed by atoms with van der Waals surface area (Å²) in [5, 5.41) is 0. The van der Waals surface area contributed by atoms with Crippen LogP contribution in [0.4, 0.5) is 74.6 Å². The largest absolute Gasteiger partial charge is 0.460 e. The SMILES string of the molecule is FC(F)(F)C(F)(F)C(F)(F)C(F)(F)C(F)(F)C(F)(F)C(F)(F)C(F)(F)CCOC1CC2CC1C1CC=CC21. The maximum atomic E-state index is 14.0. The van der Waals surface area contributed by atoms with Gasteiger partial charge in [0.1, 0.15) is 0 Å². The summed E-state index contributed by atoms with van der Waals surface area (Å²) in [6.07, 6.45) is -5.94. The predicted octanol–water partition coefficient (Wildman–Crippen LogP) is 8.00. The van der Waals surface area contributed by atoms with Crippen LogP contribution in [0.1, 0.15) is 25.7 Å². The monoisotopic (exact) mass is 596 g/mol. The van der Waals surface area contributed by atoms with E-state index >= 15 is 0 Å². The molecule has 0 aromatic heterocycles. The Balaban J connectivity index is 1.78. The number of hydrogen-bond donors (Lipinski definition) is 0. The molecule has 5 unspecified atom stereocenters. The molecule has 18 heteroatoms. The number of fused-ring (bicyclic) bond motifs is 5. The average Bonchev–Trinajstić information content (AvgIpc) is 3.45. The molecule has 3 aliphatic rings. The molecule has 0 radical (unpaired) electrons. The van der Waals surface area contributed by atoms with Crippen molar-refractivity contribution in [3.8, 4) is 0 Å². The third-order valence-electron chi connectivity index (χ3n) is 7.48. The molecular weight excluding hydrogens is 579 g/mol. The number of rotatable bonds is 10. The third kappa shape index (κ3) is 3.99. The minimum absolute atomic E-state index is 0.0300. The fourth-order valence-electron chi connectivity index (χ4n) is 5.38. The van der Waals surface area contributed by atoms with Gasteiger partial charge >= 0.3 is 47.6 Å². The van der Waals surface area contributed by atoms with E-state index in [1.54, 1.807) is 0 Å². The number of ether oxygens (including phenoxy) is 1. The van der Waals surface area contributed by atoms with Crippen LogP contribution in [-0.4, -0.2) is 60.3 Å². The molecule has 0 aliphatic heterocycles. The van der Waals surface area contributed by atoms with E-state index in [2.05, 4.69) is 0 Å². The lowest BCUT2D eigenvalue weighted by Crippen LogP contribution is -2.74. The van der Waals surface area contributed by atoms with Crippen LogP contribution < -0.4 is 0 Å². The van der Waals surface area contributed by atoms with Crippen LogP contribution in [0.3, 0.4) is 0 Å². The second kappa shape index (κ2) is 8.75. The van der Waals surface area contributed by atoms with Crippen molar-refractivity contribution < 1.29 is 79.4 Å². The van der Waals surface area contributed by atoms with Gasteiger partial charge in [-0.05, 0) is 42.9 Å². The molecule has 0 aromatic rings. The number of hydrogen-bond acceptors (Lipinski definition) is 1. The van der Waals surface area contributed by atoms with Crippen LogP contribution in [0.15, 0.2) is 12.2 Å². The summed E-state index contributed by atoms with van der Waals surface area (Å²) in [7, 11) is 0. The van der Waals surface area contributed by atoms with Crippen molar-refractivity contribution in [1.29, 1.82) is 0 Å². The van der Waals surface area contributed by atoms with E-state index in [0.717, 1.165) is 0 Å². The molecule has 2 bridgehead atoms. The van der Waals surface area contributed by atoms with Gasteiger partial charge in [0.2, 0.25) is 0 Å². The van der Waals surface area contributed by atoms with E-state index in [0.29, 0.717) is 12.8 Å². The van der Waals surface area contributed by atoms with Gasteiger partial charge in [0, 0.05) is 6.42 Å². The Morgan fingerprint density at radius 2 is 1.05 bits per heavy atom. The van der Waals surface area contributed by atoms with Crippen molar-refractivity contribution in [3.63, 3.8) is 0 Å². The smallest absolute Gasteiger partial charge is 0.378 e. The molecule has 1 nitrogen and oxygen atoms in total. The average molecular weight is 596 g/mol. The van der Waals surface area contributed by atoms with Crippen molar-refractivity contribution in [3.05, 3.63) is 12.2 Å². The second-order valence-electron chi connectivity index (χ2n) is 9.61. The zero-order chi connectivity index (χ0) is 29.5. The highest BCUT2D eigenvalue weighted by atomic mass is 19.4. The van der Waals surface area contributed by atoms with Gasteiger partial charge in [-0.1, -0.05) is 12.2 Å². The summed E-state index contributed by atoms with van der Waals surface area (Å²) in [4.78, 5) is 0. The molecule has 5 atom stereocenters. The van der Waals surface area contributed by atoms with Crippen LogP contribution in [0.2, 0.25) is 0 Å². The van der Waals surface area contributed by atoms with Crippen molar-refractivity contribution in [2.45, 2.75) is 79.4 Å². The summed E-state index contributed by atoms with van der Waals surface area (Å²) in [6.45, 7) is -1.51. The number of halogens is 17. The van der Waals surface area contributed by atoms with E-state index < -0.39 is 66.8 Å². The van der Waals surface area contributed by atoms with Gasteiger partial charge in [0.15, 0.2) is 0 Å². The molecule has 0 spiro atoms. The molecule has 0 N–H and O–H groups in total. The lowest BCUT2D eigenvalue weighted by molar-refractivity contribution is -0.462. The summed E-state index contributed by atoms with van der Waals surface area (Å²) in [6, 6.07) is 0. The lowest BCUT2D eigenvalue weighted by atomic mass is 9.80. The first-order chi connectivity index (χ1) is 16.8. The maximum absolute atomic E-state index is 14.0. The Kier molecular flexibility index (Phi) is 7.15. The highest BCUT2D eigenvalue weighted by Gasteiger charge is 2.95. The van der Waals surface area contributed by atoms with Gasteiger partial charge in [-0.15, -0.1) is 0 Å². The van der Waals surface area contributed by atoms with Gasteiger partial charge in [-0.3, -0.25) is 0 Å². The van der Waals surface area contributed by atoms with Crippen LogP contribution >= 0.6 is 0 Å². The summed E-state index contributed by atoms with van der Waals surface area (Å²) in [5.41, 5.74) is 0. The maximum Gasteiger partial charge on any atom is 0.460 e. The van der Waals surface area contributed by atoms with E-state index in [1.807, 2.05) is 12.2 Å². The lowest BCUT2D eigenvalue weighted by Gasteiger charge is -2.42. The number of alkyl halides is 17. The predicted molar refractivity (Wildman–Crippen MR) is 92.0 cm³/mol. The van der Waals surface area contributed by atoms with Gasteiger partial charge in [0.05, 0.1) is 12.7 Å². The zero-order valence-electron chi connectivity index (χ0n) is 18.4. The fraction of sp³-hybridized carbons (Fsp3) is 0.900. The van der Waals surface area contributed by atoms with E-state index in [-0.39, 0.29) is 30.1 Å². The van der Waals surface area contributed by atoms with E-state index in [1.165, 1.54) is 0 Å². The minimum atomic E-state index is -8.60. The Bertz CT molecular complexity index is 921. The zero-order valence-corrected chi connectivity index (χ0v) is 18.4. The molecule has 2 fully saturated rings. The van der Waals surface area contributed by atoms with Crippen molar-refractivity contribution in [1.82, 2.24) is 0 Å². The molecule has 0 amide bonds. The van der Waals surface area contributed by atoms with Gasteiger partial charge in [0.25, 0.3) is 0 Å². The minimum Gasteiger partial charge on any atom is -0.378 e. The normalized spacial score (nSPS) is 29.3. The summed E-state index contributed by atoms with van der Waals surface area (Å²) in [5.74, 6) is -56.1. The molecule has 3 rings (SSSR count). The molecular formula is C20H17F17O. The Morgan fingerprint density at radius 1 is 0.579 bits per heavy atom. The summed E-state index contributed by atoms with van der Waals surface area (Å²) >= 11 is 0. The van der Waals surface area contributed by atoms with Gasteiger partial charge in [-0.25, -0.2) is 0 Å². The molecule has 38 heavy (non-hydrogen) atoms. The highest BCUT2D eigenvalue weighted by molar-refractivity contribution is 5.16. The van der Waals surface area contributed by atoms with Gasteiger partial charge in [-0.2, -0.15) is 74.6 Å². The third-order valence-corrected chi connectivity index (χ3v) is 7.48. The highest BCUT2D eigenvalue weighted by Crippen LogP contribution is 2.64. The Hall–Kier alpha value is -1.49. The van der Waals surface area contributed by atoms with Gasteiger partial charge < -0.3 is 4.74 Å². The first kappa shape index (κ1) is 31.0. The number of allylic oxidation sites excluding steroid dienone is 2. The molecule has 0 saturated heterocycles. The van der Waals surface area contributed by atoms with Crippen LogP contribution in [-0.2, 0) is 4.74 Å². The molecule has 2 saturated carbocycles. The first-order valence-corrected chi connectivity index (χ1v) is 10.8. The van der Waals surface area contributed by atoms with Crippen LogP contribution in [0.5, 0.6) is 0 Å². The topological polar surface area (TPSA) is 9.23 Å². The van der Waals surface area contributed by atoms with Crippen molar-refractivity contribution in [2.75, 3.05) is 6.61 Å². The van der Waals surface area contributed by atoms with Crippen LogP contribution in [0, 0.1) is 23.7 Å². The Morgan fingerprint density at radius 3 is 1.55 bits per heavy atom. The van der Waals surface area contributed by atoms with E-state index in [4.69, 9.17) is 4.74 Å². The second-order valence-corrected chi connectivity index (χ2v) is 9.61. The first-order valence-electron chi connectivity index (χ1n) is 10.8. The fourth-order valence-corrected chi connectivity index (χ4v) is 5.38. The van der Waals surface area contributed by atoms with Crippen molar-refractivity contribution >= 4 is 0 Å². The van der Waals surface area contributed by atoms with Crippen LogP contribution in [0.25, 0.3) is 0 Å².